The molecule has 1 rings (SSSR count). The van der Waals surface area contributed by atoms with Crippen molar-refractivity contribution in [2.75, 3.05) is 32.8 Å². The summed E-state index contributed by atoms with van der Waals surface area (Å²) in [6.07, 6.45) is 1.21. The van der Waals surface area contributed by atoms with Crippen molar-refractivity contribution < 1.29 is 9.53 Å². The normalized spacial score (nSPS) is 25.4. The van der Waals surface area contributed by atoms with Crippen LogP contribution in [-0.2, 0) is 9.53 Å². The Morgan fingerprint density at radius 3 is 2.67 bits per heavy atom. The number of nitrogens with zero attached hydrogens (tertiary/aromatic N) is 1. The van der Waals surface area contributed by atoms with E-state index in [1.54, 1.807) is 0 Å². The number of carbonyl (C=O) groups is 1. The molecule has 1 aliphatic heterocycles. The highest BCUT2D eigenvalue weighted by atomic mass is 16.5. The van der Waals surface area contributed by atoms with Gasteiger partial charge in [0.2, 0.25) is 0 Å². The van der Waals surface area contributed by atoms with Crippen LogP contribution in [0.1, 0.15) is 34.1 Å². The molecule has 1 fully saturated rings. The third-order valence-electron chi connectivity index (χ3n) is 3.65. The van der Waals surface area contributed by atoms with Gasteiger partial charge < -0.3 is 10.1 Å². The number of ether oxygens (including phenoxy) is 1. The fraction of sp³-hybridized carbons (Fsp3) is 0.929. The number of esters is 1. The number of hydrogen-bond acceptors (Lipinski definition) is 4. The second kappa shape index (κ2) is 7.74. The molecule has 0 aromatic carbocycles. The van der Waals surface area contributed by atoms with Crippen molar-refractivity contribution in [1.82, 2.24) is 10.2 Å². The third kappa shape index (κ3) is 4.94. The van der Waals surface area contributed by atoms with Gasteiger partial charge >= 0.3 is 5.97 Å². The average Bonchev–Trinajstić information content (AvgIpc) is 2.29. The molecule has 18 heavy (non-hydrogen) atoms. The van der Waals surface area contributed by atoms with E-state index >= 15 is 0 Å². The lowest BCUT2D eigenvalue weighted by atomic mass is 9.85. The molecular weight excluding hydrogens is 228 g/mol. The predicted octanol–water partition coefficient (Wildman–Crippen LogP) is 1.51. The van der Waals surface area contributed by atoms with Crippen molar-refractivity contribution in [3.8, 4) is 0 Å². The lowest BCUT2D eigenvalue weighted by Crippen LogP contribution is -2.51. The number of carbonyl (C=O) groups excluding carboxylic acids is 1. The van der Waals surface area contributed by atoms with E-state index < -0.39 is 0 Å². The van der Waals surface area contributed by atoms with E-state index in [1.165, 1.54) is 6.42 Å². The summed E-state index contributed by atoms with van der Waals surface area (Å²) < 4.78 is 5.03. The maximum Gasteiger partial charge on any atom is 0.320 e. The van der Waals surface area contributed by atoms with Gasteiger partial charge in [0.25, 0.3) is 0 Å². The Balaban J connectivity index is 2.52. The van der Waals surface area contributed by atoms with Crippen LogP contribution >= 0.6 is 0 Å². The maximum atomic E-state index is 11.6. The van der Waals surface area contributed by atoms with Gasteiger partial charge in [-0.1, -0.05) is 20.8 Å². The summed E-state index contributed by atoms with van der Waals surface area (Å²) in [5.74, 6) is 1.23. The predicted molar refractivity (Wildman–Crippen MR) is 73.5 cm³/mol. The topological polar surface area (TPSA) is 41.6 Å². The van der Waals surface area contributed by atoms with Crippen LogP contribution in [-0.4, -0.2) is 49.7 Å². The van der Waals surface area contributed by atoms with Crippen LogP contribution in [0.3, 0.4) is 0 Å². The first-order valence-corrected chi connectivity index (χ1v) is 7.18. The number of likely N-dealkylation sites (N-methyl/N-ethyl adjacent to an activating group) is 1. The number of nitrogens with one attached hydrogen (secondary N) is 1. The van der Waals surface area contributed by atoms with Gasteiger partial charge in [-0.2, -0.15) is 0 Å². The van der Waals surface area contributed by atoms with Crippen molar-refractivity contribution in [3.05, 3.63) is 0 Å². The first kappa shape index (κ1) is 15.4. The highest BCUT2D eigenvalue weighted by Gasteiger charge is 2.29. The Bertz CT molecular complexity index is 256. The van der Waals surface area contributed by atoms with Gasteiger partial charge in [-0.3, -0.25) is 9.69 Å². The molecule has 1 saturated heterocycles. The zero-order valence-corrected chi connectivity index (χ0v) is 12.2. The van der Waals surface area contributed by atoms with E-state index in [0.29, 0.717) is 31.0 Å². The van der Waals surface area contributed by atoms with Crippen LogP contribution in [0, 0.1) is 11.8 Å². The van der Waals surface area contributed by atoms with Crippen molar-refractivity contribution in [2.24, 2.45) is 11.8 Å². The Kier molecular flexibility index (Phi) is 6.65. The molecule has 0 spiro atoms. The first-order valence-electron chi connectivity index (χ1n) is 7.18. The van der Waals surface area contributed by atoms with Gasteiger partial charge in [0, 0.05) is 19.1 Å². The lowest BCUT2D eigenvalue weighted by Gasteiger charge is -2.39. The summed E-state index contributed by atoms with van der Waals surface area (Å²) in [6.45, 7) is 12.4. The van der Waals surface area contributed by atoms with Gasteiger partial charge in [0.15, 0.2) is 0 Å². The summed E-state index contributed by atoms with van der Waals surface area (Å²) in [6, 6.07) is 0.505. The van der Waals surface area contributed by atoms with Gasteiger partial charge in [-0.15, -0.1) is 0 Å². The van der Waals surface area contributed by atoms with Crippen molar-refractivity contribution in [1.29, 1.82) is 0 Å². The fourth-order valence-electron chi connectivity index (χ4n) is 2.67. The van der Waals surface area contributed by atoms with E-state index in [-0.39, 0.29) is 5.97 Å². The maximum absolute atomic E-state index is 11.6. The van der Waals surface area contributed by atoms with E-state index in [2.05, 4.69) is 31.0 Å². The number of rotatable bonds is 6. The van der Waals surface area contributed by atoms with Gasteiger partial charge in [0.05, 0.1) is 13.2 Å². The zero-order chi connectivity index (χ0) is 13.5. The van der Waals surface area contributed by atoms with Gasteiger partial charge in [-0.25, -0.2) is 0 Å². The minimum Gasteiger partial charge on any atom is -0.465 e. The molecule has 1 heterocycles. The van der Waals surface area contributed by atoms with Crippen molar-refractivity contribution in [3.63, 3.8) is 0 Å². The number of piperidine rings is 1. The molecule has 1 N–H and O–H groups in total. The molecule has 0 radical (unpaired) electrons. The van der Waals surface area contributed by atoms with Crippen LogP contribution in [0.15, 0.2) is 0 Å². The number of hydrogen-bond donors (Lipinski definition) is 1. The monoisotopic (exact) mass is 256 g/mol. The summed E-state index contributed by atoms with van der Waals surface area (Å²) in [4.78, 5) is 13.8. The third-order valence-corrected chi connectivity index (χ3v) is 3.65. The highest BCUT2D eigenvalue weighted by Crippen LogP contribution is 2.23. The van der Waals surface area contributed by atoms with Crippen LogP contribution in [0.2, 0.25) is 0 Å². The molecule has 0 saturated carbocycles. The van der Waals surface area contributed by atoms with Crippen LogP contribution in [0.5, 0.6) is 0 Å². The van der Waals surface area contributed by atoms with E-state index in [0.717, 1.165) is 19.6 Å². The summed E-state index contributed by atoms with van der Waals surface area (Å²) >= 11 is 0. The molecule has 2 unspecified atom stereocenters. The Morgan fingerprint density at radius 2 is 2.11 bits per heavy atom. The molecule has 2 atom stereocenters. The van der Waals surface area contributed by atoms with Crippen molar-refractivity contribution >= 4 is 5.97 Å². The second-order valence-electron chi connectivity index (χ2n) is 5.49. The van der Waals surface area contributed by atoms with E-state index in [9.17, 15) is 4.79 Å². The van der Waals surface area contributed by atoms with Crippen LogP contribution in [0.25, 0.3) is 0 Å². The molecule has 0 amide bonds. The molecule has 0 aromatic rings. The average molecular weight is 256 g/mol. The quantitative estimate of drug-likeness (QED) is 0.731. The van der Waals surface area contributed by atoms with Crippen LogP contribution in [0.4, 0.5) is 0 Å². The molecule has 0 aliphatic carbocycles. The minimum absolute atomic E-state index is 0.0999. The smallest absolute Gasteiger partial charge is 0.320 e. The fourth-order valence-corrected chi connectivity index (χ4v) is 2.67. The second-order valence-corrected chi connectivity index (χ2v) is 5.49. The molecule has 1 aliphatic rings. The van der Waals surface area contributed by atoms with Gasteiger partial charge in [0.1, 0.15) is 0 Å². The first-order chi connectivity index (χ1) is 8.56. The molecular formula is C14H28N2O2. The highest BCUT2D eigenvalue weighted by molar-refractivity contribution is 5.71. The Hall–Kier alpha value is -0.610. The van der Waals surface area contributed by atoms with E-state index in [4.69, 9.17) is 4.74 Å². The van der Waals surface area contributed by atoms with Crippen molar-refractivity contribution in [2.45, 2.75) is 40.2 Å². The standard InChI is InChI=1S/C14H28N2O2/c1-5-15-13-7-12(11(3)4)8-16(9-13)10-14(17)18-6-2/h11-13,15H,5-10H2,1-4H3. The molecule has 4 nitrogen and oxygen atoms in total. The van der Waals surface area contributed by atoms with Gasteiger partial charge in [-0.05, 0) is 31.7 Å². The number of likely N-dealkylation sites (tertiary alicyclic amines) is 1. The summed E-state index contributed by atoms with van der Waals surface area (Å²) in [5, 5.41) is 3.51. The molecule has 106 valence electrons. The summed E-state index contributed by atoms with van der Waals surface area (Å²) in [7, 11) is 0. The molecule has 0 aromatic heterocycles. The van der Waals surface area contributed by atoms with E-state index in [1.807, 2.05) is 6.92 Å². The SMILES string of the molecule is CCNC1CC(C(C)C)CN(CC(=O)OCC)C1. The molecule has 0 bridgehead atoms. The lowest BCUT2D eigenvalue weighted by molar-refractivity contribution is -0.145. The minimum atomic E-state index is -0.0999. The van der Waals surface area contributed by atoms with Crippen LogP contribution < -0.4 is 5.32 Å². The Labute approximate surface area is 111 Å². The summed E-state index contributed by atoms with van der Waals surface area (Å²) in [5.41, 5.74) is 0. The Morgan fingerprint density at radius 1 is 1.39 bits per heavy atom. The zero-order valence-electron chi connectivity index (χ0n) is 12.2. The molecule has 4 heteroatoms. The largest absolute Gasteiger partial charge is 0.465 e.